The van der Waals surface area contributed by atoms with Gasteiger partial charge in [-0.3, -0.25) is 0 Å². The molecule has 4 heteroatoms. The quantitative estimate of drug-likeness (QED) is 0.716. The van der Waals surface area contributed by atoms with Crippen molar-refractivity contribution < 1.29 is 9.53 Å². The second kappa shape index (κ2) is 9.40. The lowest BCUT2D eigenvalue weighted by molar-refractivity contribution is 0.0498. The highest BCUT2D eigenvalue weighted by molar-refractivity contribution is 5.68. The molecular formula is C22H38N2O2. The summed E-state index contributed by atoms with van der Waals surface area (Å²) in [6.07, 6.45) is 0.564. The average molecular weight is 363 g/mol. The zero-order valence-corrected chi connectivity index (χ0v) is 17.9. The lowest BCUT2D eigenvalue weighted by Crippen LogP contribution is -2.44. The second-order valence-electron chi connectivity index (χ2n) is 9.55. The number of ether oxygens (including phenoxy) is 1. The molecule has 0 heterocycles. The molecule has 1 aromatic carbocycles. The monoisotopic (exact) mass is 362 g/mol. The molecule has 0 fully saturated rings. The van der Waals surface area contributed by atoms with Crippen molar-refractivity contribution in [1.29, 1.82) is 0 Å². The summed E-state index contributed by atoms with van der Waals surface area (Å²) in [5.41, 5.74) is 2.28. The first-order chi connectivity index (χ1) is 11.9. The van der Waals surface area contributed by atoms with Gasteiger partial charge >= 0.3 is 6.09 Å². The van der Waals surface area contributed by atoms with Gasteiger partial charge in [0.15, 0.2) is 0 Å². The molecule has 0 aliphatic heterocycles. The maximum Gasteiger partial charge on any atom is 0.407 e. The number of nitrogens with one attached hydrogen (secondary N) is 2. The average Bonchev–Trinajstić information content (AvgIpc) is 2.44. The smallest absolute Gasteiger partial charge is 0.407 e. The molecule has 0 aromatic heterocycles. The first kappa shape index (κ1) is 22.5. The van der Waals surface area contributed by atoms with Crippen LogP contribution in [0.5, 0.6) is 0 Å². The van der Waals surface area contributed by atoms with Gasteiger partial charge in [-0.25, -0.2) is 4.79 Å². The Balaban J connectivity index is 2.54. The van der Waals surface area contributed by atoms with Crippen molar-refractivity contribution in [3.05, 3.63) is 35.4 Å². The standard InChI is InChI=1S/C22H38N2O2/c1-16(2)13-19(24-20(25)26-22(6,7)8)15-23-14-17-9-11-18(12-10-17)21(3,4)5/h9-12,16,19,23H,13-15H2,1-8H3,(H,24,25)/t19-/m0/s1. The second-order valence-corrected chi connectivity index (χ2v) is 9.55. The summed E-state index contributed by atoms with van der Waals surface area (Å²) in [5.74, 6) is 0.503. The summed E-state index contributed by atoms with van der Waals surface area (Å²) in [5, 5.41) is 6.46. The van der Waals surface area contributed by atoms with Crippen molar-refractivity contribution in [3.8, 4) is 0 Å². The van der Waals surface area contributed by atoms with Crippen LogP contribution >= 0.6 is 0 Å². The maximum atomic E-state index is 12.1. The molecule has 26 heavy (non-hydrogen) atoms. The van der Waals surface area contributed by atoms with E-state index in [0.717, 1.165) is 19.5 Å². The molecule has 0 radical (unpaired) electrons. The Morgan fingerprint density at radius 1 is 1.04 bits per heavy atom. The third-order valence-corrected chi connectivity index (χ3v) is 4.02. The predicted octanol–water partition coefficient (Wildman–Crippen LogP) is 5.01. The van der Waals surface area contributed by atoms with Gasteiger partial charge in [0, 0.05) is 19.1 Å². The number of rotatable bonds is 7. The van der Waals surface area contributed by atoms with E-state index in [1.807, 2.05) is 20.8 Å². The number of alkyl carbamates (subject to hydrolysis) is 1. The number of carbonyl (C=O) groups is 1. The topological polar surface area (TPSA) is 50.4 Å². The van der Waals surface area contributed by atoms with E-state index in [9.17, 15) is 4.79 Å². The van der Waals surface area contributed by atoms with E-state index in [2.05, 4.69) is 69.5 Å². The van der Waals surface area contributed by atoms with Crippen molar-refractivity contribution in [3.63, 3.8) is 0 Å². The van der Waals surface area contributed by atoms with E-state index in [1.165, 1.54) is 11.1 Å². The summed E-state index contributed by atoms with van der Waals surface area (Å²) < 4.78 is 5.38. The molecule has 1 amide bonds. The first-order valence-electron chi connectivity index (χ1n) is 9.66. The SMILES string of the molecule is CC(C)C[C@@H](CNCc1ccc(C(C)(C)C)cc1)NC(=O)OC(C)(C)C. The van der Waals surface area contributed by atoms with Crippen LogP contribution in [0.1, 0.15) is 72.9 Å². The van der Waals surface area contributed by atoms with Gasteiger partial charge in [0.1, 0.15) is 5.60 Å². The minimum Gasteiger partial charge on any atom is -0.444 e. The normalized spacial score (nSPS) is 13.6. The van der Waals surface area contributed by atoms with Crippen LogP contribution in [0.25, 0.3) is 0 Å². The summed E-state index contributed by atoms with van der Waals surface area (Å²) in [7, 11) is 0. The highest BCUT2D eigenvalue weighted by Crippen LogP contribution is 2.22. The molecule has 1 atom stereocenters. The fraction of sp³-hybridized carbons (Fsp3) is 0.682. The van der Waals surface area contributed by atoms with E-state index in [-0.39, 0.29) is 17.6 Å². The lowest BCUT2D eigenvalue weighted by atomic mass is 9.87. The van der Waals surface area contributed by atoms with Gasteiger partial charge in [0.05, 0.1) is 0 Å². The molecule has 0 aliphatic carbocycles. The Morgan fingerprint density at radius 2 is 1.62 bits per heavy atom. The highest BCUT2D eigenvalue weighted by Gasteiger charge is 2.20. The molecule has 0 bridgehead atoms. The lowest BCUT2D eigenvalue weighted by Gasteiger charge is -2.25. The molecule has 0 saturated carbocycles. The van der Waals surface area contributed by atoms with Gasteiger partial charge in [-0.1, -0.05) is 58.9 Å². The Bertz CT molecular complexity index is 551. The summed E-state index contributed by atoms with van der Waals surface area (Å²) in [6.45, 7) is 18.1. The van der Waals surface area contributed by atoms with Gasteiger partial charge in [-0.05, 0) is 49.7 Å². The van der Waals surface area contributed by atoms with Crippen molar-refractivity contribution in [2.75, 3.05) is 6.54 Å². The molecule has 0 spiro atoms. The first-order valence-corrected chi connectivity index (χ1v) is 9.66. The maximum absolute atomic E-state index is 12.1. The molecule has 4 nitrogen and oxygen atoms in total. The van der Waals surface area contributed by atoms with Crippen LogP contribution in [-0.4, -0.2) is 24.3 Å². The predicted molar refractivity (Wildman–Crippen MR) is 109 cm³/mol. The minimum absolute atomic E-state index is 0.0544. The van der Waals surface area contributed by atoms with Crippen molar-refractivity contribution in [2.24, 2.45) is 5.92 Å². The Morgan fingerprint density at radius 3 is 2.08 bits per heavy atom. The van der Waals surface area contributed by atoms with Gasteiger partial charge in [0.25, 0.3) is 0 Å². The molecule has 2 N–H and O–H groups in total. The van der Waals surface area contributed by atoms with Crippen molar-refractivity contribution >= 4 is 6.09 Å². The molecule has 148 valence electrons. The van der Waals surface area contributed by atoms with Gasteiger partial charge in [-0.2, -0.15) is 0 Å². The Hall–Kier alpha value is -1.55. The zero-order chi connectivity index (χ0) is 20.0. The zero-order valence-electron chi connectivity index (χ0n) is 17.9. The third-order valence-electron chi connectivity index (χ3n) is 4.02. The van der Waals surface area contributed by atoms with Gasteiger partial charge < -0.3 is 15.4 Å². The van der Waals surface area contributed by atoms with Crippen LogP contribution in [-0.2, 0) is 16.7 Å². The number of hydrogen-bond acceptors (Lipinski definition) is 3. The van der Waals surface area contributed by atoms with Crippen LogP contribution in [0.15, 0.2) is 24.3 Å². The van der Waals surface area contributed by atoms with Crippen molar-refractivity contribution in [2.45, 2.75) is 85.4 Å². The van der Waals surface area contributed by atoms with Crippen LogP contribution in [0.3, 0.4) is 0 Å². The summed E-state index contributed by atoms with van der Waals surface area (Å²) in [4.78, 5) is 12.1. The molecule has 0 unspecified atom stereocenters. The van der Waals surface area contributed by atoms with E-state index in [1.54, 1.807) is 0 Å². The fourth-order valence-corrected chi connectivity index (χ4v) is 2.75. The van der Waals surface area contributed by atoms with E-state index in [0.29, 0.717) is 5.92 Å². The van der Waals surface area contributed by atoms with E-state index < -0.39 is 5.60 Å². The van der Waals surface area contributed by atoms with Crippen LogP contribution in [0.2, 0.25) is 0 Å². The van der Waals surface area contributed by atoms with Crippen LogP contribution < -0.4 is 10.6 Å². The van der Waals surface area contributed by atoms with E-state index >= 15 is 0 Å². The molecule has 0 aliphatic rings. The van der Waals surface area contributed by atoms with Crippen LogP contribution in [0.4, 0.5) is 4.79 Å². The van der Waals surface area contributed by atoms with E-state index in [4.69, 9.17) is 4.74 Å². The van der Waals surface area contributed by atoms with Crippen molar-refractivity contribution in [1.82, 2.24) is 10.6 Å². The van der Waals surface area contributed by atoms with Gasteiger partial charge in [-0.15, -0.1) is 0 Å². The number of amides is 1. The summed E-state index contributed by atoms with van der Waals surface area (Å²) in [6, 6.07) is 8.79. The molecule has 1 rings (SSSR count). The molecular weight excluding hydrogens is 324 g/mol. The number of hydrogen-bond donors (Lipinski definition) is 2. The minimum atomic E-state index is -0.477. The van der Waals surface area contributed by atoms with Gasteiger partial charge in [0.2, 0.25) is 0 Å². The third kappa shape index (κ3) is 9.23. The summed E-state index contributed by atoms with van der Waals surface area (Å²) >= 11 is 0. The fourth-order valence-electron chi connectivity index (χ4n) is 2.75. The number of benzene rings is 1. The largest absolute Gasteiger partial charge is 0.444 e. The molecule has 1 aromatic rings. The Labute approximate surface area is 160 Å². The Kier molecular flexibility index (Phi) is 8.14. The van der Waals surface area contributed by atoms with Crippen LogP contribution in [0, 0.1) is 5.92 Å². The number of carbonyl (C=O) groups excluding carboxylic acids is 1. The molecule has 0 saturated heterocycles. The highest BCUT2D eigenvalue weighted by atomic mass is 16.6.